The third kappa shape index (κ3) is 4.37. The summed E-state index contributed by atoms with van der Waals surface area (Å²) in [5.41, 5.74) is 0. The zero-order valence-electron chi connectivity index (χ0n) is 11.6. The minimum atomic E-state index is -1.06. The van der Waals surface area contributed by atoms with Crippen LogP contribution >= 0.6 is 0 Å². The highest BCUT2D eigenvalue weighted by Crippen LogP contribution is 2.20. The van der Waals surface area contributed by atoms with Crippen LogP contribution in [0.1, 0.15) is 19.8 Å². The first-order valence-corrected chi connectivity index (χ1v) is 6.45. The van der Waals surface area contributed by atoms with Crippen molar-refractivity contribution in [3.05, 3.63) is 0 Å². The van der Waals surface area contributed by atoms with Gasteiger partial charge in [-0.3, -0.25) is 4.79 Å². The maximum atomic E-state index is 11.9. The fourth-order valence-corrected chi connectivity index (χ4v) is 2.03. The summed E-state index contributed by atoms with van der Waals surface area (Å²) in [7, 11) is 1.48. The van der Waals surface area contributed by atoms with Gasteiger partial charge in [0.25, 0.3) is 0 Å². The summed E-state index contributed by atoms with van der Waals surface area (Å²) >= 11 is 0. The van der Waals surface area contributed by atoms with Gasteiger partial charge in [-0.25, -0.2) is 9.59 Å². The van der Waals surface area contributed by atoms with Gasteiger partial charge in [0, 0.05) is 26.6 Å². The van der Waals surface area contributed by atoms with Crippen LogP contribution in [0.3, 0.4) is 0 Å². The molecule has 2 atom stereocenters. The molecule has 1 rings (SSSR count). The topological polar surface area (TPSA) is 105 Å². The lowest BCUT2D eigenvalue weighted by Gasteiger charge is -2.21. The molecule has 2 unspecified atom stereocenters. The molecule has 0 aromatic carbocycles. The molecule has 0 aliphatic carbocycles. The summed E-state index contributed by atoms with van der Waals surface area (Å²) in [5.74, 6) is -1.47. The Morgan fingerprint density at radius 3 is 2.65 bits per heavy atom. The van der Waals surface area contributed by atoms with E-state index >= 15 is 0 Å². The van der Waals surface area contributed by atoms with Crippen LogP contribution < -0.4 is 5.32 Å². The maximum absolute atomic E-state index is 11.9. The van der Waals surface area contributed by atoms with Gasteiger partial charge in [-0.15, -0.1) is 0 Å². The largest absolute Gasteiger partial charge is 0.480 e. The van der Waals surface area contributed by atoms with Crippen molar-refractivity contribution in [3.8, 4) is 0 Å². The Bertz CT molecular complexity index is 373. The maximum Gasteiger partial charge on any atom is 0.326 e. The molecule has 0 bridgehead atoms. The first kappa shape index (κ1) is 16.2. The Morgan fingerprint density at radius 1 is 1.40 bits per heavy atom. The molecule has 0 radical (unpaired) electrons. The molecule has 20 heavy (non-hydrogen) atoms. The number of hydrogen-bond donors (Lipinski definition) is 2. The summed E-state index contributed by atoms with van der Waals surface area (Å²) in [4.78, 5) is 35.3. The van der Waals surface area contributed by atoms with Gasteiger partial charge in [-0.1, -0.05) is 0 Å². The molecule has 2 N–H and O–H groups in total. The lowest BCUT2D eigenvalue weighted by Crippen LogP contribution is -2.46. The summed E-state index contributed by atoms with van der Waals surface area (Å²) < 4.78 is 9.81. The lowest BCUT2D eigenvalue weighted by atomic mass is 10.2. The van der Waals surface area contributed by atoms with Crippen molar-refractivity contribution in [2.45, 2.75) is 31.9 Å². The van der Waals surface area contributed by atoms with E-state index in [1.807, 2.05) is 0 Å². The van der Waals surface area contributed by atoms with Crippen LogP contribution in [0.5, 0.6) is 0 Å². The molecule has 1 aliphatic heterocycles. The SMILES string of the molecule is CCOC(=O)CCNC(=O)N1CC(OC)CC1C(=O)O. The minimum absolute atomic E-state index is 0.0544. The lowest BCUT2D eigenvalue weighted by molar-refractivity contribution is -0.143. The number of carbonyl (C=O) groups is 3. The number of amides is 2. The first-order chi connectivity index (χ1) is 9.49. The molecule has 0 saturated carbocycles. The van der Waals surface area contributed by atoms with Crippen LogP contribution in [0.15, 0.2) is 0 Å². The van der Waals surface area contributed by atoms with Gasteiger partial charge < -0.3 is 24.8 Å². The zero-order valence-corrected chi connectivity index (χ0v) is 11.6. The average molecular weight is 288 g/mol. The Kier molecular flexibility index (Phi) is 6.23. The number of likely N-dealkylation sites (tertiary alicyclic amines) is 1. The summed E-state index contributed by atoms with van der Waals surface area (Å²) in [6.07, 6.45) is 0.0302. The highest BCUT2D eigenvalue weighted by Gasteiger charge is 2.39. The van der Waals surface area contributed by atoms with E-state index in [-0.39, 0.29) is 38.6 Å². The number of methoxy groups -OCH3 is 1. The Balaban J connectivity index is 2.45. The zero-order chi connectivity index (χ0) is 15.1. The molecule has 0 aromatic heterocycles. The molecule has 1 saturated heterocycles. The number of rotatable bonds is 6. The number of carbonyl (C=O) groups excluding carboxylic acids is 2. The first-order valence-electron chi connectivity index (χ1n) is 6.45. The number of nitrogens with zero attached hydrogens (tertiary/aromatic N) is 1. The van der Waals surface area contributed by atoms with Gasteiger partial charge in [0.05, 0.1) is 19.1 Å². The summed E-state index contributed by atoms with van der Waals surface area (Å²) in [5, 5.41) is 11.6. The van der Waals surface area contributed by atoms with E-state index in [4.69, 9.17) is 14.6 Å². The number of carboxylic acids is 1. The van der Waals surface area contributed by atoms with Gasteiger partial charge in [-0.2, -0.15) is 0 Å². The monoisotopic (exact) mass is 288 g/mol. The van der Waals surface area contributed by atoms with E-state index in [1.165, 1.54) is 12.0 Å². The number of aliphatic carboxylic acids is 1. The second-order valence-corrected chi connectivity index (χ2v) is 4.39. The van der Waals surface area contributed by atoms with E-state index in [0.29, 0.717) is 0 Å². The van der Waals surface area contributed by atoms with Crippen molar-refractivity contribution in [2.75, 3.05) is 26.8 Å². The van der Waals surface area contributed by atoms with Crippen molar-refractivity contribution >= 4 is 18.0 Å². The Hall–Kier alpha value is -1.83. The van der Waals surface area contributed by atoms with Crippen molar-refractivity contribution in [1.82, 2.24) is 10.2 Å². The number of hydrogen-bond acceptors (Lipinski definition) is 5. The summed E-state index contributed by atoms with van der Waals surface area (Å²) in [6, 6.07) is -1.41. The second-order valence-electron chi connectivity index (χ2n) is 4.39. The van der Waals surface area contributed by atoms with Crippen LogP contribution in [0.25, 0.3) is 0 Å². The molecule has 8 heteroatoms. The van der Waals surface area contributed by atoms with Crippen molar-refractivity contribution in [2.24, 2.45) is 0 Å². The number of esters is 1. The van der Waals surface area contributed by atoms with Crippen LogP contribution in [-0.2, 0) is 19.1 Å². The van der Waals surface area contributed by atoms with E-state index < -0.39 is 24.0 Å². The molecule has 1 fully saturated rings. The highest BCUT2D eigenvalue weighted by molar-refractivity contribution is 5.83. The molecular weight excluding hydrogens is 268 g/mol. The molecular formula is C12H20N2O6. The van der Waals surface area contributed by atoms with Gasteiger partial charge in [-0.05, 0) is 6.92 Å². The molecule has 114 valence electrons. The smallest absolute Gasteiger partial charge is 0.326 e. The predicted molar refractivity (Wildman–Crippen MR) is 68.2 cm³/mol. The predicted octanol–water partition coefficient (Wildman–Crippen LogP) is -0.177. The van der Waals surface area contributed by atoms with E-state index in [0.717, 1.165) is 0 Å². The number of nitrogens with one attached hydrogen (secondary N) is 1. The minimum Gasteiger partial charge on any atom is -0.480 e. The quantitative estimate of drug-likeness (QED) is 0.657. The highest BCUT2D eigenvalue weighted by atomic mass is 16.5. The van der Waals surface area contributed by atoms with Gasteiger partial charge in [0.15, 0.2) is 0 Å². The van der Waals surface area contributed by atoms with E-state index in [2.05, 4.69) is 5.32 Å². The van der Waals surface area contributed by atoms with Crippen molar-refractivity contribution in [1.29, 1.82) is 0 Å². The molecule has 1 aliphatic rings. The number of ether oxygens (including phenoxy) is 2. The number of carboxylic acid groups (broad SMARTS) is 1. The van der Waals surface area contributed by atoms with Gasteiger partial charge in [0.1, 0.15) is 6.04 Å². The molecule has 1 heterocycles. The van der Waals surface area contributed by atoms with E-state index in [1.54, 1.807) is 6.92 Å². The van der Waals surface area contributed by atoms with Gasteiger partial charge >= 0.3 is 18.0 Å². The molecule has 0 aromatic rings. The third-order valence-corrected chi connectivity index (χ3v) is 3.05. The van der Waals surface area contributed by atoms with Gasteiger partial charge in [0.2, 0.25) is 0 Å². The summed E-state index contributed by atoms with van der Waals surface area (Å²) in [6.45, 7) is 2.31. The average Bonchev–Trinajstić information content (AvgIpc) is 2.83. The fraction of sp³-hybridized carbons (Fsp3) is 0.750. The van der Waals surface area contributed by atoms with Crippen LogP contribution in [0, 0.1) is 0 Å². The number of urea groups is 1. The molecule has 2 amide bonds. The molecule has 8 nitrogen and oxygen atoms in total. The van der Waals surface area contributed by atoms with Crippen LogP contribution in [0.2, 0.25) is 0 Å². The van der Waals surface area contributed by atoms with Crippen molar-refractivity contribution in [3.63, 3.8) is 0 Å². The Morgan fingerprint density at radius 2 is 2.10 bits per heavy atom. The fourth-order valence-electron chi connectivity index (χ4n) is 2.03. The third-order valence-electron chi connectivity index (χ3n) is 3.05. The van der Waals surface area contributed by atoms with Crippen LogP contribution in [-0.4, -0.2) is 66.9 Å². The normalized spacial score (nSPS) is 21.6. The Labute approximate surface area is 117 Å². The molecule has 0 spiro atoms. The van der Waals surface area contributed by atoms with Crippen molar-refractivity contribution < 1.29 is 29.0 Å². The van der Waals surface area contributed by atoms with Crippen LogP contribution in [0.4, 0.5) is 4.79 Å². The second kappa shape index (κ2) is 7.68. The van der Waals surface area contributed by atoms with E-state index in [9.17, 15) is 14.4 Å². The standard InChI is InChI=1S/C12H20N2O6/c1-3-20-10(15)4-5-13-12(18)14-7-8(19-2)6-9(14)11(16)17/h8-9H,3-7H2,1-2H3,(H,13,18)(H,16,17).